The highest BCUT2D eigenvalue weighted by Crippen LogP contribution is 2.33. The topological polar surface area (TPSA) is 75.4 Å². The van der Waals surface area contributed by atoms with E-state index in [1.165, 1.54) is 0 Å². The van der Waals surface area contributed by atoms with Crippen molar-refractivity contribution in [2.75, 3.05) is 34.4 Å². The van der Waals surface area contributed by atoms with Crippen molar-refractivity contribution in [3.05, 3.63) is 47.9 Å². The lowest BCUT2D eigenvalue weighted by atomic mass is 9.90. The minimum Gasteiger partial charge on any atom is -0.493 e. The van der Waals surface area contributed by atoms with E-state index in [0.29, 0.717) is 37.6 Å². The van der Waals surface area contributed by atoms with Gasteiger partial charge in [-0.2, -0.15) is 0 Å². The monoisotopic (exact) mass is 388 g/mol. The van der Waals surface area contributed by atoms with Gasteiger partial charge in [0, 0.05) is 25.2 Å². The molecule has 0 bridgehead atoms. The van der Waals surface area contributed by atoms with Gasteiger partial charge in [0.05, 0.1) is 27.0 Å². The van der Waals surface area contributed by atoms with E-state index >= 15 is 0 Å². The number of nitrogens with zero attached hydrogens (tertiary/aromatic N) is 2. The maximum absolute atomic E-state index is 13.1. The quantitative estimate of drug-likeness (QED) is 0.748. The van der Waals surface area contributed by atoms with Gasteiger partial charge in [0.15, 0.2) is 17.1 Å². The van der Waals surface area contributed by atoms with Gasteiger partial charge in [-0.1, -0.05) is 12.1 Å². The van der Waals surface area contributed by atoms with Crippen molar-refractivity contribution in [2.45, 2.75) is 31.5 Å². The SMILES string of the molecule is COc1cccc(CN2CCCC(O)(CN(C)Cc3ccco3)C2=O)c1OC. The first-order chi connectivity index (χ1) is 13.5. The average molecular weight is 388 g/mol. The molecule has 1 aliphatic rings. The molecule has 0 saturated carbocycles. The van der Waals surface area contributed by atoms with Gasteiger partial charge in [-0.25, -0.2) is 0 Å². The van der Waals surface area contributed by atoms with Crippen molar-refractivity contribution < 1.29 is 23.8 Å². The maximum Gasteiger partial charge on any atom is 0.256 e. The molecule has 0 radical (unpaired) electrons. The second kappa shape index (κ2) is 8.67. The molecule has 7 heteroatoms. The zero-order chi connectivity index (χ0) is 20.1. The van der Waals surface area contributed by atoms with Gasteiger partial charge in [0.2, 0.25) is 0 Å². The summed E-state index contributed by atoms with van der Waals surface area (Å²) in [6, 6.07) is 9.30. The van der Waals surface area contributed by atoms with Gasteiger partial charge in [0.1, 0.15) is 5.76 Å². The fourth-order valence-electron chi connectivity index (χ4n) is 3.82. The van der Waals surface area contributed by atoms with Gasteiger partial charge in [-0.3, -0.25) is 9.69 Å². The van der Waals surface area contributed by atoms with Crippen LogP contribution >= 0.6 is 0 Å². The third kappa shape index (κ3) is 4.31. The van der Waals surface area contributed by atoms with E-state index in [1.807, 2.05) is 42.3 Å². The summed E-state index contributed by atoms with van der Waals surface area (Å²) in [6.45, 7) is 1.75. The third-order valence-electron chi connectivity index (χ3n) is 5.09. The highest BCUT2D eigenvalue weighted by molar-refractivity contribution is 5.86. The molecule has 1 aromatic heterocycles. The number of furan rings is 1. The van der Waals surface area contributed by atoms with Crippen LogP contribution in [0.2, 0.25) is 0 Å². The first-order valence-electron chi connectivity index (χ1n) is 9.39. The number of rotatable bonds is 8. The van der Waals surface area contributed by atoms with Gasteiger partial charge in [0.25, 0.3) is 5.91 Å². The molecule has 28 heavy (non-hydrogen) atoms. The predicted octanol–water partition coefficient (Wildman–Crippen LogP) is 2.28. The molecule has 1 saturated heterocycles. The van der Waals surface area contributed by atoms with Crippen molar-refractivity contribution in [3.8, 4) is 11.5 Å². The van der Waals surface area contributed by atoms with Crippen molar-refractivity contribution in [1.82, 2.24) is 9.80 Å². The molecule has 3 rings (SSSR count). The summed E-state index contributed by atoms with van der Waals surface area (Å²) in [7, 11) is 5.04. The molecule has 2 aromatic rings. The lowest BCUT2D eigenvalue weighted by Crippen LogP contribution is -2.57. The van der Waals surface area contributed by atoms with E-state index in [4.69, 9.17) is 13.9 Å². The number of ether oxygens (including phenoxy) is 2. The number of amides is 1. The molecule has 1 amide bonds. The Morgan fingerprint density at radius 2 is 2.07 bits per heavy atom. The lowest BCUT2D eigenvalue weighted by Gasteiger charge is -2.40. The van der Waals surface area contributed by atoms with Crippen LogP contribution in [0.15, 0.2) is 41.0 Å². The Morgan fingerprint density at radius 1 is 1.25 bits per heavy atom. The average Bonchev–Trinajstić information content (AvgIpc) is 3.18. The summed E-state index contributed by atoms with van der Waals surface area (Å²) >= 11 is 0. The first-order valence-corrected chi connectivity index (χ1v) is 9.39. The summed E-state index contributed by atoms with van der Waals surface area (Å²) in [5.41, 5.74) is -0.561. The first kappa shape index (κ1) is 20.2. The van der Waals surface area contributed by atoms with Crippen molar-refractivity contribution in [3.63, 3.8) is 0 Å². The number of aliphatic hydroxyl groups is 1. The predicted molar refractivity (Wildman–Crippen MR) is 104 cm³/mol. The second-order valence-electron chi connectivity index (χ2n) is 7.27. The number of carbonyl (C=O) groups is 1. The third-order valence-corrected chi connectivity index (χ3v) is 5.09. The fraction of sp³-hybridized carbons (Fsp3) is 0.476. The summed E-state index contributed by atoms with van der Waals surface area (Å²) in [4.78, 5) is 16.7. The van der Waals surface area contributed by atoms with Crippen LogP contribution in [0.4, 0.5) is 0 Å². The second-order valence-corrected chi connectivity index (χ2v) is 7.27. The Hall–Kier alpha value is -2.51. The summed E-state index contributed by atoms with van der Waals surface area (Å²) in [5, 5.41) is 11.1. The Morgan fingerprint density at radius 3 is 2.75 bits per heavy atom. The molecular weight excluding hydrogens is 360 g/mol. The molecule has 7 nitrogen and oxygen atoms in total. The van der Waals surface area contributed by atoms with Crippen LogP contribution in [0.5, 0.6) is 11.5 Å². The Balaban J connectivity index is 1.71. The number of likely N-dealkylation sites (N-methyl/N-ethyl adjacent to an activating group) is 1. The Bertz CT molecular complexity index is 792. The largest absolute Gasteiger partial charge is 0.493 e. The zero-order valence-corrected chi connectivity index (χ0v) is 16.7. The maximum atomic E-state index is 13.1. The van der Waals surface area contributed by atoms with Crippen LogP contribution in [0, 0.1) is 0 Å². The molecule has 1 fully saturated rings. The Labute approximate surface area is 165 Å². The van der Waals surface area contributed by atoms with Crippen LogP contribution in [0.3, 0.4) is 0 Å². The number of para-hydroxylation sites is 1. The Kier molecular flexibility index (Phi) is 6.26. The molecule has 1 unspecified atom stereocenters. The van der Waals surface area contributed by atoms with Crippen molar-refractivity contribution in [2.24, 2.45) is 0 Å². The number of methoxy groups -OCH3 is 2. The van der Waals surface area contributed by atoms with Crippen LogP contribution in [-0.4, -0.2) is 60.8 Å². The van der Waals surface area contributed by atoms with Crippen LogP contribution in [0.25, 0.3) is 0 Å². The highest BCUT2D eigenvalue weighted by atomic mass is 16.5. The summed E-state index contributed by atoms with van der Waals surface area (Å²) < 4.78 is 16.2. The highest BCUT2D eigenvalue weighted by Gasteiger charge is 2.43. The molecule has 2 heterocycles. The molecule has 1 N–H and O–H groups in total. The summed E-state index contributed by atoms with van der Waals surface area (Å²) in [6.07, 6.45) is 2.80. The van der Waals surface area contributed by atoms with E-state index in [2.05, 4.69) is 0 Å². The van der Waals surface area contributed by atoms with E-state index in [0.717, 1.165) is 17.7 Å². The lowest BCUT2D eigenvalue weighted by molar-refractivity contribution is -0.160. The molecule has 152 valence electrons. The van der Waals surface area contributed by atoms with Gasteiger partial charge in [-0.05, 0) is 38.1 Å². The van der Waals surface area contributed by atoms with Gasteiger partial charge in [-0.15, -0.1) is 0 Å². The minimum atomic E-state index is -1.41. The molecule has 0 spiro atoms. The normalized spacial score (nSPS) is 19.9. The molecular formula is C21H28N2O5. The number of hydrogen-bond donors (Lipinski definition) is 1. The molecule has 1 atom stereocenters. The number of piperidine rings is 1. The van der Waals surface area contributed by atoms with Crippen LogP contribution in [0.1, 0.15) is 24.2 Å². The standard InChI is InChI=1S/C21H28N2O5/c1-22(14-17-8-5-12-28-17)15-21(25)10-6-11-23(20(21)24)13-16-7-4-9-18(26-2)19(16)27-3/h4-5,7-9,12,25H,6,10-11,13-15H2,1-3H3. The number of carbonyl (C=O) groups excluding carboxylic acids is 1. The van der Waals surface area contributed by atoms with Gasteiger partial charge < -0.3 is 23.9 Å². The van der Waals surface area contributed by atoms with Crippen LogP contribution in [-0.2, 0) is 17.9 Å². The van der Waals surface area contributed by atoms with E-state index in [1.54, 1.807) is 25.4 Å². The van der Waals surface area contributed by atoms with E-state index < -0.39 is 5.60 Å². The fourth-order valence-corrected chi connectivity index (χ4v) is 3.82. The zero-order valence-electron chi connectivity index (χ0n) is 16.7. The van der Waals surface area contributed by atoms with Crippen molar-refractivity contribution in [1.29, 1.82) is 0 Å². The van der Waals surface area contributed by atoms with Crippen molar-refractivity contribution >= 4 is 5.91 Å². The van der Waals surface area contributed by atoms with E-state index in [9.17, 15) is 9.90 Å². The molecule has 0 aliphatic carbocycles. The number of hydrogen-bond acceptors (Lipinski definition) is 6. The smallest absolute Gasteiger partial charge is 0.256 e. The van der Waals surface area contributed by atoms with Crippen LogP contribution < -0.4 is 9.47 Å². The van der Waals surface area contributed by atoms with Gasteiger partial charge >= 0.3 is 0 Å². The minimum absolute atomic E-state index is 0.248. The molecule has 1 aromatic carbocycles. The number of benzene rings is 1. The van der Waals surface area contributed by atoms with E-state index in [-0.39, 0.29) is 12.5 Å². The summed E-state index contributed by atoms with van der Waals surface area (Å²) in [5.74, 6) is 1.78. The number of likely N-dealkylation sites (tertiary alicyclic amines) is 1. The molecule has 1 aliphatic heterocycles.